The van der Waals surface area contributed by atoms with E-state index in [2.05, 4.69) is 25.1 Å². The maximum atomic E-state index is 15.7. The number of aromatic amines is 1. The van der Waals surface area contributed by atoms with Gasteiger partial charge in [-0.2, -0.15) is 5.10 Å². The number of carboxylic acid groups (broad SMARTS) is 1. The first kappa shape index (κ1) is 20.6. The van der Waals surface area contributed by atoms with Crippen LogP contribution in [0.2, 0.25) is 0 Å². The molecule has 2 bridgehead atoms. The molecule has 0 aliphatic heterocycles. The van der Waals surface area contributed by atoms with Crippen molar-refractivity contribution in [2.45, 2.75) is 50.5 Å². The Labute approximate surface area is 188 Å². The van der Waals surface area contributed by atoms with Gasteiger partial charge >= 0.3 is 5.97 Å². The van der Waals surface area contributed by atoms with E-state index in [9.17, 15) is 14.3 Å². The smallest absolute Gasteiger partial charge is 0.307 e. The number of nitrogens with two attached hydrogens (primary N) is 1. The lowest BCUT2D eigenvalue weighted by Crippen LogP contribution is -2.45. The van der Waals surface area contributed by atoms with E-state index in [4.69, 9.17) is 5.73 Å². The van der Waals surface area contributed by atoms with Gasteiger partial charge in [0.15, 0.2) is 17.3 Å². The average Bonchev–Trinajstić information content (AvgIpc) is 3.41. The van der Waals surface area contributed by atoms with Gasteiger partial charge < -0.3 is 10.8 Å². The molecule has 4 saturated carbocycles. The van der Waals surface area contributed by atoms with Gasteiger partial charge in [0.1, 0.15) is 17.2 Å². The zero-order valence-corrected chi connectivity index (χ0v) is 17.9. The summed E-state index contributed by atoms with van der Waals surface area (Å²) in [5, 5.41) is 17.2. The van der Waals surface area contributed by atoms with E-state index in [1.807, 2.05) is 0 Å². The Bertz CT molecular complexity index is 1270. The van der Waals surface area contributed by atoms with E-state index in [0.717, 1.165) is 31.9 Å². The van der Waals surface area contributed by atoms with E-state index < -0.39 is 29.1 Å². The summed E-state index contributed by atoms with van der Waals surface area (Å²) in [4.78, 5) is 25.0. The number of pyridine rings is 1. The lowest BCUT2D eigenvalue weighted by Gasteiger charge is -2.46. The highest BCUT2D eigenvalue weighted by Crippen LogP contribution is 2.51. The van der Waals surface area contributed by atoms with Crippen molar-refractivity contribution in [1.82, 2.24) is 25.1 Å². The molecule has 3 aromatic rings. The fourth-order valence-electron chi connectivity index (χ4n) is 5.96. The number of carbonyl (C=O) groups is 1. The van der Waals surface area contributed by atoms with Crippen molar-refractivity contribution in [3.05, 3.63) is 35.3 Å². The summed E-state index contributed by atoms with van der Waals surface area (Å²) in [6, 6.07) is 1.28. The van der Waals surface area contributed by atoms with E-state index in [1.54, 1.807) is 0 Å². The van der Waals surface area contributed by atoms with Gasteiger partial charge in [0.2, 0.25) is 0 Å². The van der Waals surface area contributed by atoms with Gasteiger partial charge in [-0.25, -0.2) is 23.7 Å². The number of hydrogen-bond acceptors (Lipinski definition) is 6. The third-order valence-electron chi connectivity index (χ3n) is 7.89. The SMILES string of the molecule is NC1(c2nc(-c3[nH]nc4ncc(F)cc34)nc(CC3C4CCC(CC4)C3C(=O)O)c2F)CC1. The molecule has 3 heterocycles. The van der Waals surface area contributed by atoms with Crippen molar-refractivity contribution < 1.29 is 18.7 Å². The molecule has 2 atom stereocenters. The Kier molecular flexibility index (Phi) is 4.52. The highest BCUT2D eigenvalue weighted by molar-refractivity contribution is 5.88. The van der Waals surface area contributed by atoms with Gasteiger partial charge in [-0.3, -0.25) is 9.89 Å². The van der Waals surface area contributed by atoms with Gasteiger partial charge in [-0.05, 0) is 68.8 Å². The zero-order valence-electron chi connectivity index (χ0n) is 17.9. The molecular formula is C23H24F2N6O2. The highest BCUT2D eigenvalue weighted by Gasteiger charge is 2.49. The number of hydrogen-bond donors (Lipinski definition) is 3. The molecule has 172 valence electrons. The van der Waals surface area contributed by atoms with Crippen LogP contribution in [0.5, 0.6) is 0 Å². The third kappa shape index (κ3) is 3.30. The third-order valence-corrected chi connectivity index (χ3v) is 7.89. The second-order valence-corrected chi connectivity index (χ2v) is 9.84. The van der Waals surface area contributed by atoms with Crippen LogP contribution in [-0.4, -0.2) is 36.2 Å². The summed E-state index contributed by atoms with van der Waals surface area (Å²) in [7, 11) is 0. The van der Waals surface area contributed by atoms with E-state index in [-0.39, 0.29) is 41.4 Å². The molecule has 7 rings (SSSR count). The average molecular weight is 454 g/mol. The molecule has 0 aromatic carbocycles. The lowest BCUT2D eigenvalue weighted by molar-refractivity contribution is -0.152. The molecule has 4 aliphatic carbocycles. The predicted molar refractivity (Wildman–Crippen MR) is 114 cm³/mol. The number of aromatic nitrogens is 5. The molecule has 0 saturated heterocycles. The monoisotopic (exact) mass is 454 g/mol. The number of aliphatic carboxylic acids is 1. The first-order valence-electron chi connectivity index (χ1n) is 11.4. The van der Waals surface area contributed by atoms with Crippen molar-refractivity contribution in [2.24, 2.45) is 29.4 Å². The van der Waals surface area contributed by atoms with Crippen LogP contribution in [0.25, 0.3) is 22.6 Å². The number of fused-ring (bicyclic) bond motifs is 4. The second-order valence-electron chi connectivity index (χ2n) is 9.84. The standard InChI is InChI=1S/C23H24F2N6O2/c24-12-7-14-18(30-31-20(14)27-9-12)21-28-15(17(25)19(29-21)23(26)5-6-23)8-13-10-1-3-11(4-2-10)16(13)22(32)33/h7,9-11,13,16H,1-6,8,26H2,(H,32,33)(H,27,30,31). The Hall–Kier alpha value is -3.01. The van der Waals surface area contributed by atoms with Crippen molar-refractivity contribution in [2.75, 3.05) is 0 Å². The van der Waals surface area contributed by atoms with Crippen LogP contribution in [0.4, 0.5) is 8.78 Å². The predicted octanol–water partition coefficient (Wildman–Crippen LogP) is 3.32. The first-order valence-corrected chi connectivity index (χ1v) is 11.4. The lowest BCUT2D eigenvalue weighted by atomic mass is 9.57. The fourth-order valence-corrected chi connectivity index (χ4v) is 5.96. The van der Waals surface area contributed by atoms with Gasteiger partial charge in [0, 0.05) is 0 Å². The van der Waals surface area contributed by atoms with Gasteiger partial charge in [-0.1, -0.05) is 0 Å². The number of halogens is 2. The van der Waals surface area contributed by atoms with Crippen LogP contribution in [0.3, 0.4) is 0 Å². The Morgan fingerprint density at radius 3 is 2.61 bits per heavy atom. The molecule has 0 spiro atoms. The van der Waals surface area contributed by atoms with Gasteiger partial charge in [0.05, 0.1) is 28.7 Å². The summed E-state index contributed by atoms with van der Waals surface area (Å²) >= 11 is 0. The summed E-state index contributed by atoms with van der Waals surface area (Å²) in [5.41, 5.74) is 6.41. The maximum absolute atomic E-state index is 15.7. The summed E-state index contributed by atoms with van der Waals surface area (Å²) < 4.78 is 29.5. The van der Waals surface area contributed by atoms with Crippen LogP contribution < -0.4 is 5.73 Å². The molecule has 0 radical (unpaired) electrons. The van der Waals surface area contributed by atoms with Crippen LogP contribution in [-0.2, 0) is 16.8 Å². The van der Waals surface area contributed by atoms with E-state index in [1.165, 1.54) is 6.07 Å². The van der Waals surface area contributed by atoms with Crippen LogP contribution in [0.15, 0.2) is 12.3 Å². The summed E-state index contributed by atoms with van der Waals surface area (Å²) in [6.45, 7) is 0. The van der Waals surface area contributed by atoms with Crippen LogP contribution in [0.1, 0.15) is 49.9 Å². The van der Waals surface area contributed by atoms with E-state index in [0.29, 0.717) is 29.6 Å². The number of nitrogens with zero attached hydrogens (tertiary/aromatic N) is 4. The molecule has 4 fully saturated rings. The summed E-state index contributed by atoms with van der Waals surface area (Å²) in [6.07, 6.45) is 6.22. The van der Waals surface area contributed by atoms with Crippen molar-refractivity contribution in [3.8, 4) is 11.5 Å². The number of H-pyrrole nitrogens is 1. The zero-order chi connectivity index (χ0) is 22.9. The Morgan fingerprint density at radius 2 is 1.91 bits per heavy atom. The van der Waals surface area contributed by atoms with Crippen molar-refractivity contribution >= 4 is 17.0 Å². The van der Waals surface area contributed by atoms with E-state index >= 15 is 4.39 Å². The minimum atomic E-state index is -0.867. The van der Waals surface area contributed by atoms with Gasteiger partial charge in [0.25, 0.3) is 0 Å². The molecule has 8 nitrogen and oxygen atoms in total. The first-order chi connectivity index (χ1) is 15.8. The normalized spacial score (nSPS) is 27.7. The van der Waals surface area contributed by atoms with Crippen molar-refractivity contribution in [1.29, 1.82) is 0 Å². The molecule has 0 amide bonds. The molecule has 10 heteroatoms. The number of carboxylic acids is 1. The fraction of sp³-hybridized carbons (Fsp3) is 0.522. The number of rotatable bonds is 5. The van der Waals surface area contributed by atoms with Crippen LogP contribution in [0, 0.1) is 35.3 Å². The second kappa shape index (κ2) is 7.24. The minimum Gasteiger partial charge on any atom is -0.481 e. The molecule has 3 aromatic heterocycles. The van der Waals surface area contributed by atoms with Gasteiger partial charge in [-0.15, -0.1) is 0 Å². The quantitative estimate of drug-likeness (QED) is 0.539. The topological polar surface area (TPSA) is 131 Å². The maximum Gasteiger partial charge on any atom is 0.307 e. The van der Waals surface area contributed by atoms with Crippen LogP contribution >= 0.6 is 0 Å². The Morgan fingerprint density at radius 1 is 1.18 bits per heavy atom. The minimum absolute atomic E-state index is 0.122. The molecule has 4 aliphatic rings. The molecule has 2 unspecified atom stereocenters. The Balaban J connectivity index is 1.47. The highest BCUT2D eigenvalue weighted by atomic mass is 19.1. The molecular weight excluding hydrogens is 430 g/mol. The summed E-state index contributed by atoms with van der Waals surface area (Å²) in [5.74, 6) is -2.08. The van der Waals surface area contributed by atoms with Crippen molar-refractivity contribution in [3.63, 3.8) is 0 Å². The molecule has 4 N–H and O–H groups in total. The molecule has 33 heavy (non-hydrogen) atoms. The largest absolute Gasteiger partial charge is 0.481 e. The number of nitrogens with one attached hydrogen (secondary N) is 1.